The molecule has 0 radical (unpaired) electrons. The van der Waals surface area contributed by atoms with Gasteiger partial charge in [-0.3, -0.25) is 9.52 Å². The first-order chi connectivity index (χ1) is 13.0. The van der Waals surface area contributed by atoms with Crippen LogP contribution in [0.5, 0.6) is 5.75 Å². The van der Waals surface area contributed by atoms with Gasteiger partial charge in [0.05, 0.1) is 17.7 Å². The van der Waals surface area contributed by atoms with Crippen LogP contribution in [-0.4, -0.2) is 21.4 Å². The highest BCUT2D eigenvalue weighted by Crippen LogP contribution is 2.27. The van der Waals surface area contributed by atoms with Gasteiger partial charge >= 0.3 is 0 Å². The highest BCUT2D eigenvalue weighted by molar-refractivity contribution is 7.92. The summed E-state index contributed by atoms with van der Waals surface area (Å²) in [6.45, 7) is 0. The number of carbonyl (C=O) groups is 1. The second-order valence-electron chi connectivity index (χ2n) is 6.30. The number of sulfonamides is 1. The van der Waals surface area contributed by atoms with Crippen LogP contribution >= 0.6 is 0 Å². The van der Waals surface area contributed by atoms with Gasteiger partial charge in [-0.25, -0.2) is 8.42 Å². The zero-order valence-electron chi connectivity index (χ0n) is 15.0. The minimum atomic E-state index is -3.82. The van der Waals surface area contributed by atoms with Gasteiger partial charge in [0.2, 0.25) is 5.91 Å². The number of hydrogen-bond acceptors (Lipinski definition) is 4. The molecule has 1 aliphatic carbocycles. The first kappa shape index (κ1) is 19.0. The SMILES string of the molecule is COc1ccccc1NS(=O)(=O)c1cccc(NC(=O)[C@H]2CC=CCC2)c1. The van der Waals surface area contributed by atoms with Gasteiger partial charge < -0.3 is 10.1 Å². The zero-order chi connectivity index (χ0) is 19.3. The Morgan fingerprint density at radius 3 is 2.67 bits per heavy atom. The van der Waals surface area contributed by atoms with Crippen molar-refractivity contribution in [1.82, 2.24) is 0 Å². The number of ether oxygens (including phenoxy) is 1. The second-order valence-corrected chi connectivity index (χ2v) is 7.99. The Labute approximate surface area is 159 Å². The molecule has 0 spiro atoms. The molecule has 142 valence electrons. The monoisotopic (exact) mass is 386 g/mol. The fourth-order valence-electron chi connectivity index (χ4n) is 2.95. The molecule has 0 fully saturated rings. The maximum atomic E-state index is 12.7. The number of anilines is 2. The fraction of sp³-hybridized carbons (Fsp3) is 0.250. The molecule has 0 saturated heterocycles. The molecule has 0 heterocycles. The van der Waals surface area contributed by atoms with Crippen molar-refractivity contribution in [2.75, 3.05) is 17.1 Å². The molecule has 6 nitrogen and oxygen atoms in total. The fourth-order valence-corrected chi connectivity index (χ4v) is 4.07. The molecule has 0 aromatic heterocycles. The summed E-state index contributed by atoms with van der Waals surface area (Å²) >= 11 is 0. The number of hydrogen-bond donors (Lipinski definition) is 2. The van der Waals surface area contributed by atoms with E-state index in [4.69, 9.17) is 4.74 Å². The lowest BCUT2D eigenvalue weighted by atomic mass is 9.93. The Morgan fingerprint density at radius 2 is 1.93 bits per heavy atom. The van der Waals surface area contributed by atoms with E-state index in [0.717, 1.165) is 12.8 Å². The molecule has 2 aromatic carbocycles. The lowest BCUT2D eigenvalue weighted by Gasteiger charge is -2.17. The average Bonchev–Trinajstić information content (AvgIpc) is 2.69. The summed E-state index contributed by atoms with van der Waals surface area (Å²) in [6, 6.07) is 13.0. The maximum Gasteiger partial charge on any atom is 0.262 e. The Hall–Kier alpha value is -2.80. The van der Waals surface area contributed by atoms with E-state index in [0.29, 0.717) is 23.5 Å². The molecule has 1 atom stereocenters. The number of nitrogens with one attached hydrogen (secondary N) is 2. The summed E-state index contributed by atoms with van der Waals surface area (Å²) < 4.78 is 33.1. The summed E-state index contributed by atoms with van der Waals surface area (Å²) in [7, 11) is -2.35. The van der Waals surface area contributed by atoms with Crippen LogP contribution in [0.2, 0.25) is 0 Å². The quantitative estimate of drug-likeness (QED) is 0.740. The number of carbonyl (C=O) groups excluding carboxylic acids is 1. The van der Waals surface area contributed by atoms with Crippen molar-refractivity contribution < 1.29 is 17.9 Å². The molecule has 0 saturated carbocycles. The van der Waals surface area contributed by atoms with Gasteiger partial charge in [-0.15, -0.1) is 0 Å². The largest absolute Gasteiger partial charge is 0.495 e. The van der Waals surface area contributed by atoms with Gasteiger partial charge in [0.25, 0.3) is 10.0 Å². The normalized spacial score (nSPS) is 16.6. The average molecular weight is 386 g/mol. The van der Waals surface area contributed by atoms with E-state index in [-0.39, 0.29) is 16.7 Å². The first-order valence-corrected chi connectivity index (χ1v) is 10.2. The van der Waals surface area contributed by atoms with Gasteiger partial charge in [0.15, 0.2) is 0 Å². The summed E-state index contributed by atoms with van der Waals surface area (Å²) in [6.07, 6.45) is 6.47. The molecule has 1 aliphatic rings. The van der Waals surface area contributed by atoms with Gasteiger partial charge in [0, 0.05) is 11.6 Å². The topological polar surface area (TPSA) is 84.5 Å². The molecule has 27 heavy (non-hydrogen) atoms. The number of para-hydroxylation sites is 2. The van der Waals surface area contributed by atoms with E-state index in [9.17, 15) is 13.2 Å². The zero-order valence-corrected chi connectivity index (χ0v) is 15.8. The number of methoxy groups -OCH3 is 1. The molecule has 0 bridgehead atoms. The Balaban J connectivity index is 1.77. The molecule has 2 aromatic rings. The standard InChI is InChI=1S/C20H22N2O4S/c1-26-19-13-6-5-12-18(19)22-27(24,25)17-11-7-10-16(14-17)21-20(23)15-8-3-2-4-9-15/h2-3,5-7,10-15,22H,4,8-9H2,1H3,(H,21,23)/t15-/m0/s1. The number of benzene rings is 2. The van der Waals surface area contributed by atoms with Crippen LogP contribution in [0.4, 0.5) is 11.4 Å². The molecule has 2 N–H and O–H groups in total. The smallest absolute Gasteiger partial charge is 0.262 e. The second kappa shape index (κ2) is 8.26. The van der Waals surface area contributed by atoms with Crippen molar-refractivity contribution in [1.29, 1.82) is 0 Å². The van der Waals surface area contributed by atoms with Gasteiger partial charge in [0.1, 0.15) is 5.75 Å². The van der Waals surface area contributed by atoms with E-state index >= 15 is 0 Å². The van der Waals surface area contributed by atoms with Crippen molar-refractivity contribution >= 4 is 27.3 Å². The maximum absolute atomic E-state index is 12.7. The van der Waals surface area contributed by atoms with Gasteiger partial charge in [-0.2, -0.15) is 0 Å². The van der Waals surface area contributed by atoms with Crippen molar-refractivity contribution in [3.05, 3.63) is 60.7 Å². The lowest BCUT2D eigenvalue weighted by Crippen LogP contribution is -2.23. The van der Waals surface area contributed by atoms with Crippen LogP contribution < -0.4 is 14.8 Å². The third-order valence-corrected chi connectivity index (χ3v) is 5.77. The van der Waals surface area contributed by atoms with Crippen LogP contribution in [0.3, 0.4) is 0 Å². The predicted molar refractivity (Wildman–Crippen MR) is 105 cm³/mol. The summed E-state index contributed by atoms with van der Waals surface area (Å²) in [5, 5.41) is 2.82. The van der Waals surface area contributed by atoms with Crippen molar-refractivity contribution in [2.45, 2.75) is 24.2 Å². The highest BCUT2D eigenvalue weighted by atomic mass is 32.2. The minimum Gasteiger partial charge on any atom is -0.495 e. The van der Waals surface area contributed by atoms with Crippen LogP contribution in [-0.2, 0) is 14.8 Å². The molecular weight excluding hydrogens is 364 g/mol. The third-order valence-electron chi connectivity index (χ3n) is 4.40. The minimum absolute atomic E-state index is 0.0646. The summed E-state index contributed by atoms with van der Waals surface area (Å²) in [5.41, 5.74) is 0.806. The predicted octanol–water partition coefficient (Wildman–Crippen LogP) is 3.79. The highest BCUT2D eigenvalue weighted by Gasteiger charge is 2.20. The Bertz CT molecular complexity index is 954. The number of rotatable bonds is 6. The molecule has 3 rings (SSSR count). The third kappa shape index (κ3) is 4.68. The lowest BCUT2D eigenvalue weighted by molar-refractivity contribution is -0.120. The van der Waals surface area contributed by atoms with Gasteiger partial charge in [-0.05, 0) is 49.6 Å². The van der Waals surface area contributed by atoms with Gasteiger partial charge in [-0.1, -0.05) is 30.4 Å². The van der Waals surface area contributed by atoms with E-state index in [1.807, 2.05) is 6.08 Å². The van der Waals surface area contributed by atoms with E-state index in [2.05, 4.69) is 16.1 Å². The van der Waals surface area contributed by atoms with E-state index in [1.165, 1.54) is 19.2 Å². The van der Waals surface area contributed by atoms with E-state index < -0.39 is 10.0 Å². The summed E-state index contributed by atoms with van der Waals surface area (Å²) in [5.74, 6) is 0.254. The van der Waals surface area contributed by atoms with Crippen molar-refractivity contribution in [3.8, 4) is 5.75 Å². The number of allylic oxidation sites excluding steroid dienone is 2. The molecule has 1 amide bonds. The Morgan fingerprint density at radius 1 is 1.11 bits per heavy atom. The number of amides is 1. The van der Waals surface area contributed by atoms with E-state index in [1.54, 1.807) is 36.4 Å². The molecule has 0 unspecified atom stereocenters. The summed E-state index contributed by atoms with van der Waals surface area (Å²) in [4.78, 5) is 12.4. The molecular formula is C20H22N2O4S. The van der Waals surface area contributed by atoms with Crippen LogP contribution in [0, 0.1) is 5.92 Å². The van der Waals surface area contributed by atoms with Crippen LogP contribution in [0.1, 0.15) is 19.3 Å². The molecule has 7 heteroatoms. The molecule has 0 aliphatic heterocycles. The van der Waals surface area contributed by atoms with Crippen molar-refractivity contribution in [2.24, 2.45) is 5.92 Å². The Kier molecular flexibility index (Phi) is 5.81. The first-order valence-electron chi connectivity index (χ1n) is 8.71. The van der Waals surface area contributed by atoms with Crippen LogP contribution in [0.15, 0.2) is 65.6 Å². The van der Waals surface area contributed by atoms with Crippen molar-refractivity contribution in [3.63, 3.8) is 0 Å². The van der Waals surface area contributed by atoms with Crippen LogP contribution in [0.25, 0.3) is 0 Å².